The van der Waals surface area contributed by atoms with Crippen LogP contribution < -0.4 is 20.1 Å². The van der Waals surface area contributed by atoms with E-state index in [4.69, 9.17) is 9.47 Å². The third-order valence-corrected chi connectivity index (χ3v) is 4.53. The highest BCUT2D eigenvalue weighted by Crippen LogP contribution is 2.33. The first-order chi connectivity index (χ1) is 12.1. The van der Waals surface area contributed by atoms with Gasteiger partial charge in [-0.25, -0.2) is 9.97 Å². The molecule has 25 heavy (non-hydrogen) atoms. The first-order valence-electron chi connectivity index (χ1n) is 7.50. The number of nitrogens with one attached hydrogen (secondary N) is 1. The third kappa shape index (κ3) is 3.79. The average molecular weight is 359 g/mol. The largest absolute Gasteiger partial charge is 0.493 e. The summed E-state index contributed by atoms with van der Waals surface area (Å²) in [5.74, 6) is 1.90. The molecule has 0 atom stereocenters. The number of ether oxygens (including phenoxy) is 2. The van der Waals surface area contributed by atoms with Crippen molar-refractivity contribution in [1.29, 1.82) is 0 Å². The van der Waals surface area contributed by atoms with Gasteiger partial charge in [0, 0.05) is 23.3 Å². The first-order valence-corrected chi connectivity index (χ1v) is 8.74. The van der Waals surface area contributed by atoms with Gasteiger partial charge in [-0.2, -0.15) is 0 Å². The van der Waals surface area contributed by atoms with Crippen molar-refractivity contribution in [3.8, 4) is 11.5 Å². The molecule has 2 aromatic carbocycles. The van der Waals surface area contributed by atoms with Crippen molar-refractivity contribution < 1.29 is 19.3 Å². The molecule has 3 aromatic rings. The van der Waals surface area contributed by atoms with Crippen LogP contribution in [0.2, 0.25) is 0 Å². The van der Waals surface area contributed by atoms with Crippen LogP contribution in [0.1, 0.15) is 5.56 Å². The monoisotopic (exact) mass is 359 g/mol. The minimum absolute atomic E-state index is 0.517. The first kappa shape index (κ1) is 17.4. The Hall–Kier alpha value is -2.47. The van der Waals surface area contributed by atoms with E-state index in [0.29, 0.717) is 29.2 Å². The molecule has 0 radical (unpaired) electrons. The summed E-state index contributed by atoms with van der Waals surface area (Å²) in [4.78, 5) is 27.0. The maximum atomic E-state index is 9.20. The van der Waals surface area contributed by atoms with Gasteiger partial charge in [0.15, 0.2) is 19.9 Å². The Morgan fingerprint density at radius 3 is 2.32 bits per heavy atom. The van der Waals surface area contributed by atoms with Gasteiger partial charge in [0.2, 0.25) is 0 Å². The second-order valence-corrected chi connectivity index (χ2v) is 6.35. The molecule has 0 fully saturated rings. The number of hydrogen-bond donors (Lipinski definition) is 3. The summed E-state index contributed by atoms with van der Waals surface area (Å²) in [6.07, 6.45) is 1.49. The van der Waals surface area contributed by atoms with Crippen molar-refractivity contribution in [2.45, 2.75) is 6.54 Å². The Kier molecular flexibility index (Phi) is 5.28. The lowest BCUT2D eigenvalue weighted by Crippen LogP contribution is -2.05. The van der Waals surface area contributed by atoms with Crippen molar-refractivity contribution in [2.75, 3.05) is 19.5 Å². The molecule has 8 heteroatoms. The lowest BCUT2D eigenvalue weighted by Gasteiger charge is -2.12. The fourth-order valence-corrected chi connectivity index (χ4v) is 2.87. The molecule has 130 valence electrons. The van der Waals surface area contributed by atoms with Crippen molar-refractivity contribution in [3.05, 3.63) is 48.3 Å². The average Bonchev–Trinajstić information content (AvgIpc) is 2.65. The molecule has 0 aliphatic carbocycles. The van der Waals surface area contributed by atoms with E-state index in [0.717, 1.165) is 16.5 Å². The fourth-order valence-electron chi connectivity index (χ4n) is 2.46. The second kappa shape index (κ2) is 7.61. The second-order valence-electron chi connectivity index (χ2n) is 5.26. The Labute approximate surface area is 146 Å². The summed E-state index contributed by atoms with van der Waals surface area (Å²) in [6.45, 7) is 0.537. The van der Waals surface area contributed by atoms with E-state index in [2.05, 4.69) is 15.3 Å². The van der Waals surface area contributed by atoms with E-state index in [9.17, 15) is 9.79 Å². The van der Waals surface area contributed by atoms with E-state index in [1.54, 1.807) is 32.4 Å². The molecule has 1 heterocycles. The van der Waals surface area contributed by atoms with E-state index in [1.807, 2.05) is 18.2 Å². The zero-order valence-electron chi connectivity index (χ0n) is 13.8. The molecule has 0 amide bonds. The SMILES string of the molecule is COc1cc2ncnc(NCc3ccc(P(O)O)cc3)c2cc1OC. The highest BCUT2D eigenvalue weighted by Gasteiger charge is 2.11. The number of hydrogen-bond acceptors (Lipinski definition) is 7. The quantitative estimate of drug-likeness (QED) is 0.581. The van der Waals surface area contributed by atoms with Crippen LogP contribution in [0.4, 0.5) is 5.82 Å². The number of anilines is 1. The minimum atomic E-state index is -2.06. The Morgan fingerprint density at radius 1 is 1.00 bits per heavy atom. The predicted octanol–water partition coefficient (Wildman–Crippen LogP) is 2.18. The van der Waals surface area contributed by atoms with E-state index in [-0.39, 0.29) is 0 Å². The molecule has 3 N–H and O–H groups in total. The molecule has 0 saturated carbocycles. The van der Waals surface area contributed by atoms with Gasteiger partial charge in [0.25, 0.3) is 0 Å². The summed E-state index contributed by atoms with van der Waals surface area (Å²) in [7, 11) is 1.10. The Bertz CT molecular complexity index is 872. The number of nitrogens with zero attached hydrogens (tertiary/aromatic N) is 2. The smallest absolute Gasteiger partial charge is 0.199 e. The fraction of sp³-hybridized carbons (Fsp3) is 0.176. The number of methoxy groups -OCH3 is 2. The molecule has 0 unspecified atom stereocenters. The molecule has 0 spiro atoms. The number of fused-ring (bicyclic) bond motifs is 1. The van der Waals surface area contributed by atoms with Crippen LogP contribution in [-0.2, 0) is 6.54 Å². The lowest BCUT2D eigenvalue weighted by atomic mass is 10.2. The molecule has 1 aromatic heterocycles. The zero-order valence-corrected chi connectivity index (χ0v) is 14.7. The maximum absolute atomic E-state index is 9.20. The van der Waals surface area contributed by atoms with Gasteiger partial charge >= 0.3 is 0 Å². The minimum Gasteiger partial charge on any atom is -0.493 e. The zero-order chi connectivity index (χ0) is 17.8. The van der Waals surface area contributed by atoms with Crippen LogP contribution in [0.3, 0.4) is 0 Å². The highest BCUT2D eigenvalue weighted by atomic mass is 31.2. The molecule has 0 aliphatic heterocycles. The van der Waals surface area contributed by atoms with Crippen molar-refractivity contribution in [2.24, 2.45) is 0 Å². The van der Waals surface area contributed by atoms with Crippen molar-refractivity contribution in [3.63, 3.8) is 0 Å². The van der Waals surface area contributed by atoms with Gasteiger partial charge in [-0.15, -0.1) is 0 Å². The lowest BCUT2D eigenvalue weighted by molar-refractivity contribution is 0.356. The summed E-state index contributed by atoms with van der Waals surface area (Å²) in [5.41, 5.74) is 1.74. The van der Waals surface area contributed by atoms with Crippen LogP contribution in [0.25, 0.3) is 10.9 Å². The predicted molar refractivity (Wildman–Crippen MR) is 97.4 cm³/mol. The molecule has 7 nitrogen and oxygen atoms in total. The number of aromatic nitrogens is 2. The van der Waals surface area contributed by atoms with Crippen LogP contribution in [0, 0.1) is 0 Å². The Balaban J connectivity index is 1.85. The topological polar surface area (TPSA) is 96.7 Å². The third-order valence-electron chi connectivity index (χ3n) is 3.77. The van der Waals surface area contributed by atoms with Crippen LogP contribution in [0.5, 0.6) is 11.5 Å². The van der Waals surface area contributed by atoms with Crippen LogP contribution >= 0.6 is 8.38 Å². The van der Waals surface area contributed by atoms with E-state index in [1.165, 1.54) is 6.33 Å². The molecular formula is C17H18N3O4P. The van der Waals surface area contributed by atoms with Crippen molar-refractivity contribution >= 4 is 30.4 Å². The van der Waals surface area contributed by atoms with Gasteiger partial charge < -0.3 is 24.6 Å². The summed E-state index contributed by atoms with van der Waals surface area (Å²) in [6, 6.07) is 10.7. The Morgan fingerprint density at radius 2 is 1.68 bits per heavy atom. The summed E-state index contributed by atoms with van der Waals surface area (Å²) in [5, 5.41) is 4.62. The molecular weight excluding hydrogens is 341 g/mol. The van der Waals surface area contributed by atoms with Crippen LogP contribution in [0.15, 0.2) is 42.7 Å². The molecule has 3 rings (SSSR count). The number of rotatable bonds is 6. The van der Waals surface area contributed by atoms with E-state index < -0.39 is 8.38 Å². The maximum Gasteiger partial charge on any atom is 0.199 e. The van der Waals surface area contributed by atoms with Gasteiger partial charge in [-0.05, 0) is 23.8 Å². The normalized spacial score (nSPS) is 10.9. The molecule has 0 saturated heterocycles. The highest BCUT2D eigenvalue weighted by molar-refractivity contribution is 7.54. The van der Waals surface area contributed by atoms with Crippen LogP contribution in [-0.4, -0.2) is 34.0 Å². The number of benzene rings is 2. The molecule has 0 aliphatic rings. The van der Waals surface area contributed by atoms with Gasteiger partial charge in [-0.3, -0.25) is 0 Å². The van der Waals surface area contributed by atoms with Gasteiger partial charge in [0.05, 0.1) is 19.7 Å². The standard InChI is InChI=1S/C17H18N3O4P/c1-23-15-7-13-14(8-16(15)24-2)19-10-20-17(13)18-9-11-3-5-12(6-4-11)25(21)22/h3-8,10,21-22H,9H2,1-2H3,(H,18,19,20). The summed E-state index contributed by atoms with van der Waals surface area (Å²) >= 11 is 0. The molecule has 0 bridgehead atoms. The summed E-state index contributed by atoms with van der Waals surface area (Å²) < 4.78 is 10.6. The van der Waals surface area contributed by atoms with Gasteiger partial charge in [0.1, 0.15) is 12.1 Å². The van der Waals surface area contributed by atoms with Gasteiger partial charge in [-0.1, -0.05) is 12.1 Å². The van der Waals surface area contributed by atoms with Crippen molar-refractivity contribution in [1.82, 2.24) is 9.97 Å². The van der Waals surface area contributed by atoms with E-state index >= 15 is 0 Å².